The van der Waals surface area contributed by atoms with Gasteiger partial charge in [0, 0.05) is 21.1 Å². The van der Waals surface area contributed by atoms with E-state index < -0.39 is 0 Å². The summed E-state index contributed by atoms with van der Waals surface area (Å²) < 4.78 is 0. The van der Waals surface area contributed by atoms with Crippen molar-refractivity contribution < 1.29 is 21.1 Å². The summed E-state index contributed by atoms with van der Waals surface area (Å²) in [5.41, 5.74) is 0.375. The topological polar surface area (TPSA) is 0 Å². The maximum Gasteiger partial charge on any atom is 0 e. The van der Waals surface area contributed by atoms with Gasteiger partial charge in [0.2, 0.25) is 0 Å². The molecule has 0 aromatic carbocycles. The van der Waals surface area contributed by atoms with Crippen LogP contribution in [0.15, 0.2) is 0 Å². The zero-order chi connectivity index (χ0) is 6.62. The Morgan fingerprint density at radius 3 is 1.22 bits per heavy atom. The average molecular weight is 297 g/mol. The minimum atomic E-state index is 0. The molecule has 0 unspecified atom stereocenters. The van der Waals surface area contributed by atoms with Crippen LogP contribution in [0.4, 0.5) is 0 Å². The molecule has 0 saturated heterocycles. The Bertz CT molecular complexity index is 47.3. The third kappa shape index (κ3) is 4.14. The van der Waals surface area contributed by atoms with Gasteiger partial charge in [-0.15, -0.1) is 0 Å². The van der Waals surface area contributed by atoms with Crippen LogP contribution in [0.3, 0.4) is 0 Å². The minimum Gasteiger partial charge on any atom is -0.337 e. The minimum absolute atomic E-state index is 0. The zero-order valence-corrected chi connectivity index (χ0v) is 9.67. The molecule has 0 N–H and O–H groups in total. The van der Waals surface area contributed by atoms with Gasteiger partial charge in [-0.05, 0) is 0 Å². The van der Waals surface area contributed by atoms with E-state index in [0.29, 0.717) is 5.41 Å². The predicted octanol–water partition coefficient (Wildman–Crippen LogP) is 3.03. The van der Waals surface area contributed by atoms with Gasteiger partial charge in [0.05, 0.1) is 0 Å². The molecule has 0 fully saturated rings. The summed E-state index contributed by atoms with van der Waals surface area (Å²) in [5.74, 6) is 0. The van der Waals surface area contributed by atoms with Crippen LogP contribution >= 0.6 is 0 Å². The summed E-state index contributed by atoms with van der Waals surface area (Å²) in [6.45, 7) is 10.8. The molecule has 0 radical (unpaired) electrons. The molecule has 0 aromatic rings. The van der Waals surface area contributed by atoms with Crippen molar-refractivity contribution in [2.24, 2.45) is 5.41 Å². The summed E-state index contributed by atoms with van der Waals surface area (Å²) in [7, 11) is 0. The summed E-state index contributed by atoms with van der Waals surface area (Å²) in [5, 5.41) is 0. The van der Waals surface area contributed by atoms with Gasteiger partial charge in [-0.25, -0.2) is 0 Å². The molecule has 0 nitrogen and oxygen atoms in total. The molecule has 0 aliphatic heterocycles. The molecule has 0 rings (SSSR count). The molecule has 0 saturated carbocycles. The molecule has 0 heterocycles. The van der Waals surface area contributed by atoms with Crippen LogP contribution in [-0.4, -0.2) is 0 Å². The van der Waals surface area contributed by atoms with Crippen molar-refractivity contribution in [1.29, 1.82) is 0 Å². The first-order valence-electron chi connectivity index (χ1n) is 3.54. The molecule has 0 aliphatic rings. The summed E-state index contributed by atoms with van der Waals surface area (Å²) in [4.78, 5) is 0. The molecule has 0 bridgehead atoms. The van der Waals surface area contributed by atoms with Crippen LogP contribution in [0.25, 0.3) is 0 Å². The average Bonchev–Trinajstić information content (AvgIpc) is 1.87. The third-order valence-corrected chi connectivity index (χ3v) is 2.25. The summed E-state index contributed by atoms with van der Waals surface area (Å²) >= 11 is 0. The standard InChI is InChI=1S/C8H17.W/c1-5-8(4,6-2)7-3;/h4-7H2,1-3H3;/q-1;. The Morgan fingerprint density at radius 2 is 1.22 bits per heavy atom. The van der Waals surface area contributed by atoms with E-state index in [4.69, 9.17) is 0 Å². The second-order valence-corrected chi connectivity index (χ2v) is 2.56. The van der Waals surface area contributed by atoms with Gasteiger partial charge in [-0.3, -0.25) is 0 Å². The second kappa shape index (κ2) is 5.47. The van der Waals surface area contributed by atoms with Gasteiger partial charge in [0.25, 0.3) is 0 Å². The molecule has 0 aromatic heterocycles. The first-order chi connectivity index (χ1) is 3.68. The second-order valence-electron chi connectivity index (χ2n) is 2.56. The van der Waals surface area contributed by atoms with Gasteiger partial charge in [-0.1, -0.05) is 40.0 Å². The Kier molecular flexibility index (Phi) is 7.52. The molecule has 0 aliphatic carbocycles. The van der Waals surface area contributed by atoms with E-state index in [9.17, 15) is 0 Å². The van der Waals surface area contributed by atoms with Gasteiger partial charge in [0.15, 0.2) is 0 Å². The Morgan fingerprint density at radius 1 is 1.00 bits per heavy atom. The fourth-order valence-electron chi connectivity index (χ4n) is 0.750. The first kappa shape index (κ1) is 12.4. The number of hydrogen-bond donors (Lipinski definition) is 0. The van der Waals surface area contributed by atoms with Crippen LogP contribution in [0.1, 0.15) is 40.0 Å². The van der Waals surface area contributed by atoms with Gasteiger partial charge in [-0.2, -0.15) is 5.41 Å². The Balaban J connectivity index is 0. The van der Waals surface area contributed by atoms with Crippen molar-refractivity contribution in [3.05, 3.63) is 6.92 Å². The zero-order valence-electron chi connectivity index (χ0n) is 6.74. The smallest absolute Gasteiger partial charge is 0 e. The normalized spacial score (nSPS) is 10.7. The van der Waals surface area contributed by atoms with Crippen molar-refractivity contribution in [3.8, 4) is 0 Å². The molecular formula is C8H17W-. The largest absolute Gasteiger partial charge is 0.337 e. The molecule has 9 heavy (non-hydrogen) atoms. The number of hydrogen-bond acceptors (Lipinski definition) is 0. The van der Waals surface area contributed by atoms with Crippen molar-refractivity contribution >= 4 is 0 Å². The van der Waals surface area contributed by atoms with E-state index >= 15 is 0 Å². The molecule has 0 spiro atoms. The quantitative estimate of drug-likeness (QED) is 0.702. The van der Waals surface area contributed by atoms with Crippen LogP contribution in [-0.2, 0) is 21.1 Å². The Hall–Kier alpha value is 0.688. The molecular weight excluding hydrogens is 280 g/mol. The molecule has 56 valence electrons. The number of rotatable bonds is 3. The molecule has 0 atom stereocenters. The van der Waals surface area contributed by atoms with E-state index in [1.54, 1.807) is 0 Å². The SMILES string of the molecule is [CH2-]C(CC)(CC)CC.[W]. The van der Waals surface area contributed by atoms with Gasteiger partial charge < -0.3 is 6.92 Å². The van der Waals surface area contributed by atoms with Crippen LogP contribution in [0.5, 0.6) is 0 Å². The maximum absolute atomic E-state index is 4.12. The van der Waals surface area contributed by atoms with Gasteiger partial charge in [0.1, 0.15) is 0 Å². The van der Waals surface area contributed by atoms with Crippen LogP contribution < -0.4 is 0 Å². The maximum atomic E-state index is 4.12. The summed E-state index contributed by atoms with van der Waals surface area (Å²) in [6, 6.07) is 0. The van der Waals surface area contributed by atoms with Crippen molar-refractivity contribution in [3.63, 3.8) is 0 Å². The monoisotopic (exact) mass is 297 g/mol. The molecule has 1 heteroatoms. The fourth-order valence-corrected chi connectivity index (χ4v) is 0.750. The molecule has 0 amide bonds. The third-order valence-electron chi connectivity index (χ3n) is 2.25. The van der Waals surface area contributed by atoms with Crippen molar-refractivity contribution in [2.45, 2.75) is 40.0 Å². The van der Waals surface area contributed by atoms with Crippen LogP contribution in [0.2, 0.25) is 0 Å². The van der Waals surface area contributed by atoms with E-state index in [0.717, 1.165) is 0 Å². The van der Waals surface area contributed by atoms with E-state index in [1.807, 2.05) is 0 Å². The van der Waals surface area contributed by atoms with E-state index in [-0.39, 0.29) is 21.1 Å². The van der Waals surface area contributed by atoms with E-state index in [2.05, 4.69) is 27.7 Å². The fraction of sp³-hybridized carbons (Fsp3) is 0.875. The van der Waals surface area contributed by atoms with E-state index in [1.165, 1.54) is 19.3 Å². The Labute approximate surface area is 73.7 Å². The van der Waals surface area contributed by atoms with Crippen LogP contribution in [0, 0.1) is 12.3 Å². The summed E-state index contributed by atoms with van der Waals surface area (Å²) in [6.07, 6.45) is 3.63. The predicted molar refractivity (Wildman–Crippen MR) is 38.7 cm³/mol. The van der Waals surface area contributed by atoms with Gasteiger partial charge >= 0.3 is 0 Å². The first-order valence-corrected chi connectivity index (χ1v) is 3.54. The van der Waals surface area contributed by atoms with Crippen molar-refractivity contribution in [2.75, 3.05) is 0 Å². The van der Waals surface area contributed by atoms with Crippen molar-refractivity contribution in [1.82, 2.24) is 0 Å².